The van der Waals surface area contributed by atoms with E-state index < -0.39 is 0 Å². The van der Waals surface area contributed by atoms with Crippen LogP contribution in [-0.4, -0.2) is 15.9 Å². The quantitative estimate of drug-likeness (QED) is 0.778. The standard InChI is InChI=1S/C16H14ClN3O/c1-10-15(13-7-12(17)4-5-14(13)20-10)16(21)19-9-11-3-2-6-18-8-11/h2-8,20H,9H2,1H3,(H,19,21). The Morgan fingerprint density at radius 3 is 3.00 bits per heavy atom. The third-order valence-corrected chi connectivity index (χ3v) is 3.59. The summed E-state index contributed by atoms with van der Waals surface area (Å²) in [5, 5.41) is 4.36. The molecule has 0 fully saturated rings. The van der Waals surface area contributed by atoms with E-state index >= 15 is 0 Å². The number of aromatic amines is 1. The molecule has 3 aromatic rings. The SMILES string of the molecule is Cc1[nH]c2ccc(Cl)cc2c1C(=O)NCc1cccnc1. The third kappa shape index (κ3) is 2.76. The Morgan fingerprint density at radius 1 is 1.38 bits per heavy atom. The minimum atomic E-state index is -0.120. The molecular weight excluding hydrogens is 286 g/mol. The average molecular weight is 300 g/mol. The van der Waals surface area contributed by atoms with Gasteiger partial charge in [-0.1, -0.05) is 17.7 Å². The molecule has 2 aromatic heterocycles. The number of carbonyl (C=O) groups is 1. The van der Waals surface area contributed by atoms with Gasteiger partial charge in [0.25, 0.3) is 5.91 Å². The molecule has 4 nitrogen and oxygen atoms in total. The Bertz CT molecular complexity index is 796. The van der Waals surface area contributed by atoms with Gasteiger partial charge in [-0.15, -0.1) is 0 Å². The number of aromatic nitrogens is 2. The summed E-state index contributed by atoms with van der Waals surface area (Å²) >= 11 is 6.02. The predicted molar refractivity (Wildman–Crippen MR) is 83.5 cm³/mol. The van der Waals surface area contributed by atoms with E-state index in [1.54, 1.807) is 24.5 Å². The van der Waals surface area contributed by atoms with Gasteiger partial charge in [-0.25, -0.2) is 0 Å². The molecular formula is C16H14ClN3O. The number of fused-ring (bicyclic) bond motifs is 1. The maximum Gasteiger partial charge on any atom is 0.253 e. The van der Waals surface area contributed by atoms with E-state index in [-0.39, 0.29) is 5.91 Å². The van der Waals surface area contributed by atoms with Gasteiger partial charge in [0.15, 0.2) is 0 Å². The molecule has 2 heterocycles. The first-order valence-electron chi connectivity index (χ1n) is 6.60. The first-order valence-corrected chi connectivity index (χ1v) is 6.98. The van der Waals surface area contributed by atoms with Crippen LogP contribution in [0.2, 0.25) is 5.02 Å². The predicted octanol–water partition coefficient (Wildman–Crippen LogP) is 3.45. The molecule has 3 rings (SSSR count). The molecule has 0 aliphatic carbocycles. The number of nitrogens with one attached hydrogen (secondary N) is 2. The van der Waals surface area contributed by atoms with Crippen LogP contribution in [-0.2, 0) is 6.54 Å². The number of hydrogen-bond acceptors (Lipinski definition) is 2. The lowest BCUT2D eigenvalue weighted by Crippen LogP contribution is -2.23. The van der Waals surface area contributed by atoms with Gasteiger partial charge in [0.1, 0.15) is 0 Å². The Balaban J connectivity index is 1.87. The molecule has 0 radical (unpaired) electrons. The number of rotatable bonds is 3. The Labute approximate surface area is 127 Å². The Kier molecular flexibility index (Phi) is 3.62. The normalized spacial score (nSPS) is 10.8. The molecule has 2 N–H and O–H groups in total. The minimum Gasteiger partial charge on any atom is -0.358 e. The molecule has 1 aromatic carbocycles. The molecule has 0 spiro atoms. The van der Waals surface area contributed by atoms with Gasteiger partial charge in [-0.05, 0) is 36.8 Å². The Morgan fingerprint density at radius 2 is 2.24 bits per heavy atom. The van der Waals surface area contributed by atoms with Crippen LogP contribution in [0.5, 0.6) is 0 Å². The minimum absolute atomic E-state index is 0.120. The van der Waals surface area contributed by atoms with Gasteiger partial charge in [0.2, 0.25) is 0 Å². The summed E-state index contributed by atoms with van der Waals surface area (Å²) in [5.41, 5.74) is 3.33. The van der Waals surface area contributed by atoms with E-state index in [1.165, 1.54) is 0 Å². The van der Waals surface area contributed by atoms with Crippen LogP contribution in [0.3, 0.4) is 0 Å². The number of pyridine rings is 1. The zero-order valence-corrected chi connectivity index (χ0v) is 12.2. The van der Waals surface area contributed by atoms with Crippen molar-refractivity contribution in [2.45, 2.75) is 13.5 Å². The van der Waals surface area contributed by atoms with Crippen molar-refractivity contribution in [1.29, 1.82) is 0 Å². The summed E-state index contributed by atoms with van der Waals surface area (Å²) in [6.07, 6.45) is 3.44. The topological polar surface area (TPSA) is 57.8 Å². The van der Waals surface area contributed by atoms with Crippen molar-refractivity contribution >= 4 is 28.4 Å². The van der Waals surface area contributed by atoms with Gasteiger partial charge < -0.3 is 10.3 Å². The second-order valence-electron chi connectivity index (χ2n) is 4.86. The smallest absolute Gasteiger partial charge is 0.253 e. The van der Waals surface area contributed by atoms with Crippen molar-refractivity contribution in [3.63, 3.8) is 0 Å². The van der Waals surface area contributed by atoms with Gasteiger partial charge >= 0.3 is 0 Å². The van der Waals surface area contributed by atoms with E-state index in [9.17, 15) is 4.79 Å². The summed E-state index contributed by atoms with van der Waals surface area (Å²) in [4.78, 5) is 19.7. The summed E-state index contributed by atoms with van der Waals surface area (Å²) in [5.74, 6) is -0.120. The number of benzene rings is 1. The first kappa shape index (κ1) is 13.6. The molecule has 0 saturated carbocycles. The lowest BCUT2D eigenvalue weighted by Gasteiger charge is -2.05. The van der Waals surface area contributed by atoms with Crippen LogP contribution in [0.15, 0.2) is 42.7 Å². The number of amides is 1. The molecule has 21 heavy (non-hydrogen) atoms. The van der Waals surface area contributed by atoms with Crippen molar-refractivity contribution in [2.75, 3.05) is 0 Å². The molecule has 0 saturated heterocycles. The maximum absolute atomic E-state index is 12.4. The van der Waals surface area contributed by atoms with E-state index in [0.717, 1.165) is 22.2 Å². The molecule has 0 aliphatic rings. The number of H-pyrrole nitrogens is 1. The number of halogens is 1. The summed E-state index contributed by atoms with van der Waals surface area (Å²) < 4.78 is 0. The summed E-state index contributed by atoms with van der Waals surface area (Å²) in [6, 6.07) is 9.25. The van der Waals surface area contributed by atoms with Crippen molar-refractivity contribution in [3.05, 3.63) is 64.6 Å². The largest absolute Gasteiger partial charge is 0.358 e. The highest BCUT2D eigenvalue weighted by Gasteiger charge is 2.16. The van der Waals surface area contributed by atoms with Crippen LogP contribution < -0.4 is 5.32 Å². The second-order valence-corrected chi connectivity index (χ2v) is 5.30. The van der Waals surface area contributed by atoms with Crippen molar-refractivity contribution in [2.24, 2.45) is 0 Å². The van der Waals surface area contributed by atoms with E-state index in [1.807, 2.05) is 25.1 Å². The van der Waals surface area contributed by atoms with Crippen LogP contribution >= 0.6 is 11.6 Å². The van der Waals surface area contributed by atoms with Crippen LogP contribution in [0.25, 0.3) is 10.9 Å². The van der Waals surface area contributed by atoms with E-state index in [4.69, 9.17) is 11.6 Å². The summed E-state index contributed by atoms with van der Waals surface area (Å²) in [6.45, 7) is 2.33. The molecule has 0 aliphatic heterocycles. The van der Waals surface area contributed by atoms with Crippen molar-refractivity contribution < 1.29 is 4.79 Å². The van der Waals surface area contributed by atoms with E-state index in [0.29, 0.717) is 17.1 Å². The van der Waals surface area contributed by atoms with Gasteiger partial charge in [-0.3, -0.25) is 9.78 Å². The fourth-order valence-electron chi connectivity index (χ4n) is 2.36. The van der Waals surface area contributed by atoms with Gasteiger partial charge in [0.05, 0.1) is 5.56 Å². The molecule has 5 heteroatoms. The second kappa shape index (κ2) is 5.58. The Hall–Kier alpha value is -2.33. The zero-order valence-electron chi connectivity index (χ0n) is 11.5. The molecule has 0 unspecified atom stereocenters. The van der Waals surface area contributed by atoms with Gasteiger partial charge in [0, 0.05) is 40.6 Å². The molecule has 0 bridgehead atoms. The monoisotopic (exact) mass is 299 g/mol. The summed E-state index contributed by atoms with van der Waals surface area (Å²) in [7, 11) is 0. The number of hydrogen-bond donors (Lipinski definition) is 2. The fraction of sp³-hybridized carbons (Fsp3) is 0.125. The van der Waals surface area contributed by atoms with Crippen molar-refractivity contribution in [1.82, 2.24) is 15.3 Å². The highest BCUT2D eigenvalue weighted by Crippen LogP contribution is 2.25. The zero-order chi connectivity index (χ0) is 14.8. The van der Waals surface area contributed by atoms with Crippen molar-refractivity contribution in [3.8, 4) is 0 Å². The third-order valence-electron chi connectivity index (χ3n) is 3.35. The molecule has 106 valence electrons. The number of aryl methyl sites for hydroxylation is 1. The lowest BCUT2D eigenvalue weighted by atomic mass is 10.1. The number of nitrogens with zero attached hydrogens (tertiary/aromatic N) is 1. The first-order chi connectivity index (χ1) is 10.1. The van der Waals surface area contributed by atoms with E-state index in [2.05, 4.69) is 15.3 Å². The molecule has 0 atom stereocenters. The molecule has 1 amide bonds. The fourth-order valence-corrected chi connectivity index (χ4v) is 2.54. The van der Waals surface area contributed by atoms with Crippen LogP contribution in [0.4, 0.5) is 0 Å². The van der Waals surface area contributed by atoms with Crippen LogP contribution in [0, 0.1) is 6.92 Å². The number of carbonyl (C=O) groups excluding carboxylic acids is 1. The van der Waals surface area contributed by atoms with Gasteiger partial charge in [-0.2, -0.15) is 0 Å². The van der Waals surface area contributed by atoms with Crippen LogP contribution in [0.1, 0.15) is 21.6 Å². The highest BCUT2D eigenvalue weighted by molar-refractivity contribution is 6.31. The average Bonchev–Trinajstić information content (AvgIpc) is 2.81. The lowest BCUT2D eigenvalue weighted by molar-refractivity contribution is 0.0952. The highest BCUT2D eigenvalue weighted by atomic mass is 35.5. The maximum atomic E-state index is 12.4.